The van der Waals surface area contributed by atoms with Crippen molar-refractivity contribution in [2.45, 2.75) is 46.1 Å². The van der Waals surface area contributed by atoms with Crippen LogP contribution >= 0.6 is 0 Å². The molecule has 1 aromatic rings. The minimum atomic E-state index is -0.426. The van der Waals surface area contributed by atoms with Crippen LogP contribution in [0.4, 0.5) is 0 Å². The third kappa shape index (κ3) is 3.19. The summed E-state index contributed by atoms with van der Waals surface area (Å²) in [6.45, 7) is 8.47. The summed E-state index contributed by atoms with van der Waals surface area (Å²) < 4.78 is 5.81. The first kappa shape index (κ1) is 15.9. The Kier molecular flexibility index (Phi) is 4.06. The highest BCUT2D eigenvalue weighted by atomic mass is 16.5. The molecule has 2 aliphatic rings. The first-order valence-electron chi connectivity index (χ1n) is 8.37. The van der Waals surface area contributed by atoms with E-state index in [9.17, 15) is 4.79 Å². The smallest absolute Gasteiger partial charge is 0.263 e. The number of ether oxygens (including phenoxy) is 1. The van der Waals surface area contributed by atoms with Gasteiger partial charge in [-0.05, 0) is 47.9 Å². The summed E-state index contributed by atoms with van der Waals surface area (Å²) in [6.07, 6.45) is 2.27. The fourth-order valence-electron chi connectivity index (χ4n) is 3.63. The van der Waals surface area contributed by atoms with Crippen molar-refractivity contribution in [1.82, 2.24) is 4.90 Å². The molecule has 0 radical (unpaired) electrons. The highest BCUT2D eigenvalue weighted by Crippen LogP contribution is 2.35. The lowest BCUT2D eigenvalue weighted by Gasteiger charge is -2.39. The van der Waals surface area contributed by atoms with Gasteiger partial charge in [0.15, 0.2) is 6.10 Å². The molecular formula is C19H24N2O2. The maximum absolute atomic E-state index is 12.7. The molecule has 0 spiro atoms. The van der Waals surface area contributed by atoms with Crippen LogP contribution in [0.3, 0.4) is 0 Å². The van der Waals surface area contributed by atoms with Crippen LogP contribution in [0.15, 0.2) is 18.2 Å². The van der Waals surface area contributed by atoms with Crippen molar-refractivity contribution in [3.05, 3.63) is 29.3 Å². The van der Waals surface area contributed by atoms with E-state index >= 15 is 0 Å². The second-order valence-corrected chi connectivity index (χ2v) is 7.71. The Morgan fingerprint density at radius 2 is 2.00 bits per heavy atom. The third-order valence-corrected chi connectivity index (χ3v) is 5.17. The van der Waals surface area contributed by atoms with Crippen LogP contribution < -0.4 is 4.74 Å². The van der Waals surface area contributed by atoms with Crippen molar-refractivity contribution in [3.8, 4) is 11.8 Å². The van der Waals surface area contributed by atoms with Crippen molar-refractivity contribution in [1.29, 1.82) is 5.26 Å². The summed E-state index contributed by atoms with van der Waals surface area (Å²) in [5, 5.41) is 8.97. The number of nitrogens with zero attached hydrogens (tertiary/aromatic N) is 2. The molecule has 23 heavy (non-hydrogen) atoms. The number of fused-ring (bicyclic) bond motifs is 1. The van der Waals surface area contributed by atoms with Gasteiger partial charge in [-0.1, -0.05) is 20.8 Å². The number of nitriles is 1. The fraction of sp³-hybridized carbons (Fsp3) is 0.579. The SMILES string of the molecule is CC(C)(C)C1CCN(C(=O)C2Cc3cc(C#N)ccc3O2)CC1. The second kappa shape index (κ2) is 5.88. The number of hydrogen-bond donors (Lipinski definition) is 0. The minimum Gasteiger partial charge on any atom is -0.480 e. The van der Waals surface area contributed by atoms with Crippen molar-refractivity contribution in [2.75, 3.05) is 13.1 Å². The lowest BCUT2D eigenvalue weighted by atomic mass is 9.75. The number of piperidine rings is 1. The van der Waals surface area contributed by atoms with Gasteiger partial charge in [0, 0.05) is 19.5 Å². The molecule has 1 aromatic carbocycles. The molecule has 3 rings (SSSR count). The molecule has 0 aromatic heterocycles. The van der Waals surface area contributed by atoms with Gasteiger partial charge in [-0.15, -0.1) is 0 Å². The predicted molar refractivity (Wildman–Crippen MR) is 88.0 cm³/mol. The van der Waals surface area contributed by atoms with E-state index in [1.807, 2.05) is 11.0 Å². The summed E-state index contributed by atoms with van der Waals surface area (Å²) in [7, 11) is 0. The van der Waals surface area contributed by atoms with Gasteiger partial charge in [0.25, 0.3) is 5.91 Å². The Morgan fingerprint density at radius 3 is 2.61 bits per heavy atom. The highest BCUT2D eigenvalue weighted by molar-refractivity contribution is 5.82. The van der Waals surface area contributed by atoms with E-state index in [1.165, 1.54) is 0 Å². The Morgan fingerprint density at radius 1 is 1.30 bits per heavy atom. The van der Waals surface area contributed by atoms with Gasteiger partial charge in [0.05, 0.1) is 11.6 Å². The van der Waals surface area contributed by atoms with E-state index in [0.29, 0.717) is 23.3 Å². The van der Waals surface area contributed by atoms with Gasteiger partial charge < -0.3 is 9.64 Å². The van der Waals surface area contributed by atoms with Gasteiger partial charge >= 0.3 is 0 Å². The maximum atomic E-state index is 12.7. The van der Waals surface area contributed by atoms with Crippen molar-refractivity contribution in [2.24, 2.45) is 11.3 Å². The topological polar surface area (TPSA) is 53.3 Å². The number of benzene rings is 1. The average molecular weight is 312 g/mol. The molecule has 2 heterocycles. The summed E-state index contributed by atoms with van der Waals surface area (Å²) >= 11 is 0. The van der Waals surface area contributed by atoms with Crippen LogP contribution in [0.1, 0.15) is 44.7 Å². The monoisotopic (exact) mass is 312 g/mol. The standard InChI is InChI=1S/C19H24N2O2/c1-19(2,3)15-6-8-21(9-7-15)18(22)17-11-14-10-13(12-20)4-5-16(14)23-17/h4-5,10,15,17H,6-9,11H2,1-3H3. The molecule has 0 aliphatic carbocycles. The molecule has 1 saturated heterocycles. The Balaban J connectivity index is 1.62. The lowest BCUT2D eigenvalue weighted by Crippen LogP contribution is -2.46. The molecule has 1 atom stereocenters. The normalized spacial score (nSPS) is 21.5. The van der Waals surface area contributed by atoms with E-state index < -0.39 is 6.10 Å². The van der Waals surface area contributed by atoms with Crippen molar-refractivity contribution < 1.29 is 9.53 Å². The summed E-state index contributed by atoms with van der Waals surface area (Å²) in [6, 6.07) is 7.50. The van der Waals surface area contributed by atoms with Gasteiger partial charge in [-0.3, -0.25) is 4.79 Å². The van der Waals surface area contributed by atoms with E-state index in [4.69, 9.17) is 10.00 Å². The lowest BCUT2D eigenvalue weighted by molar-refractivity contribution is -0.139. The zero-order valence-electron chi connectivity index (χ0n) is 14.1. The van der Waals surface area contributed by atoms with E-state index in [-0.39, 0.29) is 5.91 Å². The van der Waals surface area contributed by atoms with Crippen LogP contribution in [0, 0.1) is 22.7 Å². The number of likely N-dealkylation sites (tertiary alicyclic amines) is 1. The molecule has 2 aliphatic heterocycles. The molecule has 1 amide bonds. The Hall–Kier alpha value is -2.02. The Labute approximate surface area is 138 Å². The van der Waals surface area contributed by atoms with E-state index in [0.717, 1.165) is 37.2 Å². The van der Waals surface area contributed by atoms with E-state index in [2.05, 4.69) is 26.8 Å². The molecule has 1 unspecified atom stereocenters. The fourth-order valence-corrected chi connectivity index (χ4v) is 3.63. The van der Waals surface area contributed by atoms with Crippen LogP contribution in [-0.4, -0.2) is 30.0 Å². The zero-order valence-corrected chi connectivity index (χ0v) is 14.1. The van der Waals surface area contributed by atoms with Gasteiger partial charge in [-0.25, -0.2) is 0 Å². The average Bonchev–Trinajstić information content (AvgIpc) is 2.96. The second-order valence-electron chi connectivity index (χ2n) is 7.71. The minimum absolute atomic E-state index is 0.0899. The van der Waals surface area contributed by atoms with Gasteiger partial charge in [0.2, 0.25) is 0 Å². The predicted octanol–water partition coefficient (Wildman–Crippen LogP) is 3.15. The number of hydrogen-bond acceptors (Lipinski definition) is 3. The number of rotatable bonds is 1. The Bertz CT molecular complexity index is 646. The number of carbonyl (C=O) groups is 1. The highest BCUT2D eigenvalue weighted by Gasteiger charge is 2.36. The van der Waals surface area contributed by atoms with Crippen LogP contribution in [0.2, 0.25) is 0 Å². The summed E-state index contributed by atoms with van der Waals surface area (Å²) in [5.74, 6) is 1.51. The van der Waals surface area contributed by atoms with Gasteiger partial charge in [-0.2, -0.15) is 5.26 Å². The van der Waals surface area contributed by atoms with Crippen LogP contribution in [0.25, 0.3) is 0 Å². The summed E-state index contributed by atoms with van der Waals surface area (Å²) in [5.41, 5.74) is 1.89. The molecular weight excluding hydrogens is 288 g/mol. The molecule has 0 N–H and O–H groups in total. The first-order chi connectivity index (χ1) is 10.9. The molecule has 122 valence electrons. The third-order valence-electron chi connectivity index (χ3n) is 5.17. The molecule has 4 heteroatoms. The first-order valence-corrected chi connectivity index (χ1v) is 8.37. The quantitative estimate of drug-likeness (QED) is 0.800. The van der Waals surface area contributed by atoms with E-state index in [1.54, 1.807) is 12.1 Å². The maximum Gasteiger partial charge on any atom is 0.263 e. The largest absolute Gasteiger partial charge is 0.480 e. The molecule has 0 bridgehead atoms. The van der Waals surface area contributed by atoms with Crippen molar-refractivity contribution >= 4 is 5.91 Å². The molecule has 1 fully saturated rings. The summed E-state index contributed by atoms with van der Waals surface area (Å²) in [4.78, 5) is 14.7. The molecule has 0 saturated carbocycles. The zero-order chi connectivity index (χ0) is 16.6. The van der Waals surface area contributed by atoms with Gasteiger partial charge in [0.1, 0.15) is 5.75 Å². The van der Waals surface area contributed by atoms with Crippen LogP contribution in [0.5, 0.6) is 5.75 Å². The number of amides is 1. The number of carbonyl (C=O) groups excluding carboxylic acids is 1. The van der Waals surface area contributed by atoms with Crippen molar-refractivity contribution in [3.63, 3.8) is 0 Å². The molecule has 4 nitrogen and oxygen atoms in total. The van der Waals surface area contributed by atoms with Crippen LogP contribution in [-0.2, 0) is 11.2 Å².